The minimum absolute atomic E-state index is 0.0694. The van der Waals surface area contributed by atoms with E-state index in [1.54, 1.807) is 30.6 Å². The van der Waals surface area contributed by atoms with E-state index >= 15 is 0 Å². The summed E-state index contributed by atoms with van der Waals surface area (Å²) in [5, 5.41) is 12.7. The highest BCUT2D eigenvalue weighted by molar-refractivity contribution is 7.85. The maximum Gasteiger partial charge on any atom is 0.271 e. The molecular formula is C12H11N4O3S+. The molecule has 8 heteroatoms. The molecule has 0 fully saturated rings. The largest absolute Gasteiger partial charge is 0.285 e. The van der Waals surface area contributed by atoms with Gasteiger partial charge in [0.15, 0.2) is 12.7 Å². The molecule has 102 valence electrons. The van der Waals surface area contributed by atoms with Gasteiger partial charge in [-0.1, -0.05) is 4.68 Å². The van der Waals surface area contributed by atoms with Crippen LogP contribution in [0.15, 0.2) is 36.8 Å². The number of hydrogen-bond donors (Lipinski definition) is 1. The van der Waals surface area contributed by atoms with E-state index in [0.29, 0.717) is 11.3 Å². The minimum Gasteiger partial charge on any atom is -0.285 e. The molecule has 0 aliphatic heterocycles. The molecule has 0 aromatic carbocycles. The second-order valence-electron chi connectivity index (χ2n) is 4.01. The number of aryl methyl sites for hydroxylation is 1. The zero-order valence-electron chi connectivity index (χ0n) is 10.3. The summed E-state index contributed by atoms with van der Waals surface area (Å²) in [6, 6.07) is 7.07. The first kappa shape index (κ1) is 14.0. The third-order valence-electron chi connectivity index (χ3n) is 2.54. The molecule has 0 saturated carbocycles. The zero-order valence-corrected chi connectivity index (χ0v) is 11.2. The van der Waals surface area contributed by atoms with E-state index in [4.69, 9.17) is 9.81 Å². The summed E-state index contributed by atoms with van der Waals surface area (Å²) in [5.74, 6) is -0.390. The number of nitriles is 1. The fourth-order valence-electron chi connectivity index (χ4n) is 1.51. The topological polar surface area (TPSA) is 108 Å². The molecule has 20 heavy (non-hydrogen) atoms. The van der Waals surface area contributed by atoms with E-state index in [1.807, 2.05) is 6.07 Å². The second-order valence-corrected chi connectivity index (χ2v) is 5.58. The van der Waals surface area contributed by atoms with Crippen LogP contribution in [0.2, 0.25) is 0 Å². The second kappa shape index (κ2) is 5.73. The number of hydrogen-bond acceptors (Lipinski definition) is 5. The first-order chi connectivity index (χ1) is 9.48. The lowest BCUT2D eigenvalue weighted by molar-refractivity contribution is -0.750. The predicted molar refractivity (Wildman–Crippen MR) is 68.8 cm³/mol. The van der Waals surface area contributed by atoms with Crippen molar-refractivity contribution in [2.45, 2.75) is 6.54 Å². The Morgan fingerprint density at radius 3 is 2.60 bits per heavy atom. The molecule has 2 aromatic rings. The van der Waals surface area contributed by atoms with E-state index < -0.39 is 10.1 Å². The highest BCUT2D eigenvalue weighted by Gasteiger charge is 2.11. The first-order valence-corrected chi connectivity index (χ1v) is 7.26. The summed E-state index contributed by atoms with van der Waals surface area (Å²) in [6.45, 7) is 0.0694. The van der Waals surface area contributed by atoms with E-state index in [9.17, 15) is 8.42 Å². The maximum absolute atomic E-state index is 10.6. The van der Waals surface area contributed by atoms with Crippen LogP contribution in [-0.4, -0.2) is 28.8 Å². The van der Waals surface area contributed by atoms with Crippen molar-refractivity contribution in [1.29, 1.82) is 5.26 Å². The number of rotatable bonds is 4. The van der Waals surface area contributed by atoms with Gasteiger partial charge >= 0.3 is 0 Å². The van der Waals surface area contributed by atoms with Gasteiger partial charge in [0.05, 0.1) is 11.3 Å². The van der Waals surface area contributed by atoms with Crippen LogP contribution in [0.3, 0.4) is 0 Å². The lowest BCUT2D eigenvalue weighted by Crippen LogP contribution is -2.40. The van der Waals surface area contributed by atoms with Gasteiger partial charge in [-0.05, 0) is 17.2 Å². The van der Waals surface area contributed by atoms with Gasteiger partial charge in [-0.3, -0.25) is 9.54 Å². The average Bonchev–Trinajstić information content (AvgIpc) is 2.45. The third kappa shape index (κ3) is 3.81. The summed E-state index contributed by atoms with van der Waals surface area (Å²) in [4.78, 5) is 4.13. The standard InChI is InChI=1S/C12H10N4O3S/c13-7-10-1-2-12(14-8-10)11-3-4-16(15-9-11)5-6-20(17,18)19/h1-4,8-9H,5-6H2/p+1. The van der Waals surface area contributed by atoms with Gasteiger partial charge in [-0.2, -0.15) is 13.7 Å². The number of nitrogens with zero attached hydrogens (tertiary/aromatic N) is 4. The molecule has 0 atom stereocenters. The molecule has 1 N–H and O–H groups in total. The third-order valence-corrected chi connectivity index (χ3v) is 3.24. The van der Waals surface area contributed by atoms with Gasteiger partial charge in [0.1, 0.15) is 18.0 Å². The Balaban J connectivity index is 2.13. The van der Waals surface area contributed by atoms with Crippen LogP contribution < -0.4 is 4.68 Å². The predicted octanol–water partition coefficient (Wildman–Crippen LogP) is 0.191. The number of pyridine rings is 1. The van der Waals surface area contributed by atoms with Crippen molar-refractivity contribution in [3.63, 3.8) is 0 Å². The summed E-state index contributed by atoms with van der Waals surface area (Å²) in [7, 11) is -4.00. The average molecular weight is 291 g/mol. The van der Waals surface area contributed by atoms with E-state index in [-0.39, 0.29) is 12.3 Å². The molecular weight excluding hydrogens is 280 g/mol. The normalized spacial score (nSPS) is 11.0. The quantitative estimate of drug-likeness (QED) is 0.636. The molecule has 0 unspecified atom stereocenters. The van der Waals surface area contributed by atoms with Gasteiger partial charge < -0.3 is 0 Å². The number of aromatic nitrogens is 3. The molecule has 0 bridgehead atoms. The van der Waals surface area contributed by atoms with Crippen LogP contribution in [0.5, 0.6) is 0 Å². The van der Waals surface area contributed by atoms with Crippen LogP contribution in [0.25, 0.3) is 11.3 Å². The lowest BCUT2D eigenvalue weighted by Gasteiger charge is -1.99. The Bertz CT molecular complexity index is 734. The van der Waals surface area contributed by atoms with Crippen LogP contribution in [0.4, 0.5) is 0 Å². The maximum atomic E-state index is 10.6. The summed E-state index contributed by atoms with van der Waals surface area (Å²) in [6.07, 6.45) is 4.60. The van der Waals surface area contributed by atoms with Crippen LogP contribution >= 0.6 is 0 Å². The van der Waals surface area contributed by atoms with Crippen molar-refractivity contribution in [3.05, 3.63) is 42.4 Å². The van der Waals surface area contributed by atoms with E-state index in [2.05, 4.69) is 10.1 Å². The van der Waals surface area contributed by atoms with Gasteiger partial charge in [-0.15, -0.1) is 0 Å². The zero-order chi connectivity index (χ0) is 14.6. The molecule has 0 radical (unpaired) electrons. The molecule has 7 nitrogen and oxygen atoms in total. The molecule has 0 amide bonds. The fraction of sp³-hybridized carbons (Fsp3) is 0.167. The van der Waals surface area contributed by atoms with Crippen LogP contribution in [-0.2, 0) is 16.7 Å². The highest BCUT2D eigenvalue weighted by atomic mass is 32.2. The lowest BCUT2D eigenvalue weighted by atomic mass is 10.2. The van der Waals surface area contributed by atoms with Gasteiger partial charge in [0, 0.05) is 17.8 Å². The van der Waals surface area contributed by atoms with Crippen molar-refractivity contribution >= 4 is 10.1 Å². The Hall–Kier alpha value is -2.37. The van der Waals surface area contributed by atoms with Crippen molar-refractivity contribution in [2.24, 2.45) is 0 Å². The van der Waals surface area contributed by atoms with E-state index in [1.165, 1.54) is 10.9 Å². The molecule has 2 heterocycles. The monoisotopic (exact) mass is 291 g/mol. The summed E-state index contributed by atoms with van der Waals surface area (Å²) in [5.41, 5.74) is 1.89. The van der Waals surface area contributed by atoms with Crippen LogP contribution in [0.1, 0.15) is 5.56 Å². The van der Waals surface area contributed by atoms with Gasteiger partial charge in [0.2, 0.25) is 0 Å². The van der Waals surface area contributed by atoms with Crippen molar-refractivity contribution in [3.8, 4) is 17.3 Å². The van der Waals surface area contributed by atoms with Gasteiger partial charge in [-0.25, -0.2) is 0 Å². The molecule has 2 aromatic heterocycles. The minimum atomic E-state index is -4.00. The van der Waals surface area contributed by atoms with Crippen LogP contribution in [0, 0.1) is 11.3 Å². The Morgan fingerprint density at radius 2 is 2.10 bits per heavy atom. The molecule has 0 saturated heterocycles. The van der Waals surface area contributed by atoms with E-state index in [0.717, 1.165) is 5.56 Å². The van der Waals surface area contributed by atoms with Crippen molar-refractivity contribution < 1.29 is 17.7 Å². The Kier molecular flexibility index (Phi) is 4.02. The summed E-state index contributed by atoms with van der Waals surface area (Å²) >= 11 is 0. The molecule has 2 rings (SSSR count). The Labute approximate surface area is 115 Å². The van der Waals surface area contributed by atoms with Crippen molar-refractivity contribution in [2.75, 3.05) is 5.75 Å². The summed E-state index contributed by atoms with van der Waals surface area (Å²) < 4.78 is 31.3. The molecule has 0 aliphatic carbocycles. The molecule has 0 aliphatic rings. The Morgan fingerprint density at radius 1 is 1.30 bits per heavy atom. The molecule has 0 spiro atoms. The first-order valence-electron chi connectivity index (χ1n) is 5.65. The smallest absolute Gasteiger partial charge is 0.271 e. The van der Waals surface area contributed by atoms with Crippen molar-refractivity contribution in [1.82, 2.24) is 10.1 Å². The fourth-order valence-corrected chi connectivity index (χ4v) is 1.93. The van der Waals surface area contributed by atoms with Gasteiger partial charge in [0.25, 0.3) is 10.1 Å². The SMILES string of the molecule is N#Cc1ccc(-c2cc[n+](CCS(=O)(=O)O)nc2)nc1. The highest BCUT2D eigenvalue weighted by Crippen LogP contribution is 2.13.